The zero-order valence-corrected chi connectivity index (χ0v) is 17.0. The molecule has 0 aliphatic carbocycles. The maximum atomic E-state index is 12.1. The number of rotatable bonds is 4. The van der Waals surface area contributed by atoms with Gasteiger partial charge in [-0.1, -0.05) is 23.7 Å². The first-order chi connectivity index (χ1) is 12.3. The standard InChI is InChI=1S/C19H25ClN4OS/c1-19(2,3)22-17(25)12-23-8-10-24(11-9-23)18-21-16(13-26-18)14-4-6-15(20)7-5-14/h4-7,13H,8-12H2,1-3H3,(H,22,25). The Morgan fingerprint density at radius 1 is 1.19 bits per heavy atom. The van der Waals surface area contributed by atoms with Gasteiger partial charge in [0.25, 0.3) is 0 Å². The van der Waals surface area contributed by atoms with Gasteiger partial charge in [0.1, 0.15) is 0 Å². The number of aromatic nitrogens is 1. The lowest BCUT2D eigenvalue weighted by Gasteiger charge is -2.34. The van der Waals surface area contributed by atoms with Crippen molar-refractivity contribution in [2.24, 2.45) is 0 Å². The Bertz CT molecular complexity index is 746. The van der Waals surface area contributed by atoms with Crippen molar-refractivity contribution in [2.75, 3.05) is 37.6 Å². The number of halogens is 1. The first-order valence-corrected chi connectivity index (χ1v) is 10.1. The molecule has 0 saturated carbocycles. The average molecular weight is 393 g/mol. The molecule has 1 amide bonds. The molecular weight excluding hydrogens is 368 g/mol. The minimum absolute atomic E-state index is 0.0882. The summed E-state index contributed by atoms with van der Waals surface area (Å²) in [7, 11) is 0. The first kappa shape index (κ1) is 19.1. The minimum Gasteiger partial charge on any atom is -0.350 e. The third-order valence-electron chi connectivity index (χ3n) is 4.16. The molecule has 2 heterocycles. The van der Waals surface area contributed by atoms with Gasteiger partial charge in [-0.15, -0.1) is 11.3 Å². The van der Waals surface area contributed by atoms with E-state index in [-0.39, 0.29) is 11.4 Å². The molecule has 1 aromatic carbocycles. The highest BCUT2D eigenvalue weighted by molar-refractivity contribution is 7.14. The maximum Gasteiger partial charge on any atom is 0.234 e. The summed E-state index contributed by atoms with van der Waals surface area (Å²) in [6.45, 7) is 9.98. The lowest BCUT2D eigenvalue weighted by molar-refractivity contribution is -0.123. The molecule has 1 aromatic heterocycles. The molecule has 2 aromatic rings. The molecular formula is C19H25ClN4OS. The number of carbonyl (C=O) groups excluding carboxylic acids is 1. The predicted octanol–water partition coefficient (Wildman–Crippen LogP) is 3.50. The van der Waals surface area contributed by atoms with Crippen LogP contribution in [0.25, 0.3) is 11.3 Å². The van der Waals surface area contributed by atoms with Crippen LogP contribution < -0.4 is 10.2 Å². The van der Waals surface area contributed by atoms with Gasteiger partial charge in [0.15, 0.2) is 5.13 Å². The van der Waals surface area contributed by atoms with Crippen molar-refractivity contribution in [3.05, 3.63) is 34.7 Å². The molecule has 0 spiro atoms. The van der Waals surface area contributed by atoms with E-state index in [1.807, 2.05) is 45.0 Å². The Hall–Kier alpha value is -1.63. The van der Waals surface area contributed by atoms with Gasteiger partial charge in [-0.05, 0) is 32.9 Å². The molecule has 7 heteroatoms. The van der Waals surface area contributed by atoms with Crippen LogP contribution in [0.2, 0.25) is 5.02 Å². The van der Waals surface area contributed by atoms with Gasteiger partial charge in [0.05, 0.1) is 12.2 Å². The zero-order chi connectivity index (χ0) is 18.7. The average Bonchev–Trinajstić information content (AvgIpc) is 3.04. The number of hydrogen-bond donors (Lipinski definition) is 1. The van der Waals surface area contributed by atoms with Crippen LogP contribution in [0.1, 0.15) is 20.8 Å². The summed E-state index contributed by atoms with van der Waals surface area (Å²) in [6, 6.07) is 7.76. The van der Waals surface area contributed by atoms with Crippen LogP contribution in [0.3, 0.4) is 0 Å². The van der Waals surface area contributed by atoms with Crippen molar-refractivity contribution in [3.63, 3.8) is 0 Å². The van der Waals surface area contributed by atoms with Crippen LogP contribution in [0.5, 0.6) is 0 Å². The molecule has 1 N–H and O–H groups in total. The molecule has 0 unspecified atom stereocenters. The molecule has 0 bridgehead atoms. The van der Waals surface area contributed by atoms with Gasteiger partial charge in [-0.3, -0.25) is 9.69 Å². The first-order valence-electron chi connectivity index (χ1n) is 8.80. The number of anilines is 1. The van der Waals surface area contributed by atoms with Gasteiger partial charge in [-0.2, -0.15) is 0 Å². The Balaban J connectivity index is 1.54. The predicted molar refractivity (Wildman–Crippen MR) is 109 cm³/mol. The van der Waals surface area contributed by atoms with E-state index in [9.17, 15) is 4.79 Å². The van der Waals surface area contributed by atoms with E-state index in [1.165, 1.54) is 0 Å². The summed E-state index contributed by atoms with van der Waals surface area (Å²) in [5, 5.41) is 6.87. The molecule has 1 aliphatic rings. The Labute approximate surface area is 164 Å². The highest BCUT2D eigenvalue weighted by Gasteiger charge is 2.22. The molecule has 140 valence electrons. The van der Waals surface area contributed by atoms with Gasteiger partial charge >= 0.3 is 0 Å². The quantitative estimate of drug-likeness (QED) is 0.865. The molecule has 1 aliphatic heterocycles. The molecule has 0 radical (unpaired) electrons. The second-order valence-corrected chi connectivity index (χ2v) is 8.86. The second-order valence-electron chi connectivity index (χ2n) is 7.58. The van der Waals surface area contributed by atoms with E-state index in [0.29, 0.717) is 6.54 Å². The van der Waals surface area contributed by atoms with Crippen LogP contribution in [0, 0.1) is 0 Å². The largest absolute Gasteiger partial charge is 0.350 e. The smallest absolute Gasteiger partial charge is 0.234 e. The number of nitrogens with one attached hydrogen (secondary N) is 1. The van der Waals surface area contributed by atoms with Crippen molar-refractivity contribution < 1.29 is 4.79 Å². The lowest BCUT2D eigenvalue weighted by atomic mass is 10.1. The Morgan fingerprint density at radius 3 is 2.46 bits per heavy atom. The van der Waals surface area contributed by atoms with E-state index in [0.717, 1.165) is 47.6 Å². The van der Waals surface area contributed by atoms with Crippen LogP contribution >= 0.6 is 22.9 Å². The van der Waals surface area contributed by atoms with Gasteiger partial charge in [-0.25, -0.2) is 4.98 Å². The summed E-state index contributed by atoms with van der Waals surface area (Å²) < 4.78 is 0. The molecule has 1 saturated heterocycles. The van der Waals surface area contributed by atoms with Crippen LogP contribution in [0.4, 0.5) is 5.13 Å². The van der Waals surface area contributed by atoms with Crippen molar-refractivity contribution in [3.8, 4) is 11.3 Å². The number of nitrogens with zero attached hydrogens (tertiary/aromatic N) is 3. The minimum atomic E-state index is -0.183. The van der Waals surface area contributed by atoms with Gasteiger partial charge in [0.2, 0.25) is 5.91 Å². The molecule has 3 rings (SSSR count). The fourth-order valence-corrected chi connectivity index (χ4v) is 3.94. The van der Waals surface area contributed by atoms with Crippen molar-refractivity contribution >= 4 is 34.0 Å². The normalized spacial score (nSPS) is 15.9. The third-order valence-corrected chi connectivity index (χ3v) is 5.31. The Kier molecular flexibility index (Phi) is 5.85. The number of carbonyl (C=O) groups is 1. The van der Waals surface area contributed by atoms with E-state index in [2.05, 4.69) is 20.5 Å². The van der Waals surface area contributed by atoms with Gasteiger partial charge in [0, 0.05) is 47.7 Å². The van der Waals surface area contributed by atoms with E-state index < -0.39 is 0 Å². The number of benzene rings is 1. The highest BCUT2D eigenvalue weighted by Crippen LogP contribution is 2.28. The number of amides is 1. The Morgan fingerprint density at radius 2 is 1.85 bits per heavy atom. The summed E-state index contributed by atoms with van der Waals surface area (Å²) in [6.07, 6.45) is 0. The maximum absolute atomic E-state index is 12.1. The highest BCUT2D eigenvalue weighted by atomic mass is 35.5. The van der Waals surface area contributed by atoms with E-state index in [1.54, 1.807) is 11.3 Å². The number of piperazine rings is 1. The molecule has 0 atom stereocenters. The zero-order valence-electron chi connectivity index (χ0n) is 15.5. The van der Waals surface area contributed by atoms with Gasteiger partial charge < -0.3 is 10.2 Å². The summed E-state index contributed by atoms with van der Waals surface area (Å²) in [4.78, 5) is 21.3. The summed E-state index contributed by atoms with van der Waals surface area (Å²) in [5.74, 6) is 0.0882. The molecule has 26 heavy (non-hydrogen) atoms. The molecule has 5 nitrogen and oxygen atoms in total. The fourth-order valence-electron chi connectivity index (χ4n) is 2.92. The monoisotopic (exact) mass is 392 g/mol. The van der Waals surface area contributed by atoms with Crippen LogP contribution in [-0.2, 0) is 4.79 Å². The van der Waals surface area contributed by atoms with E-state index >= 15 is 0 Å². The van der Waals surface area contributed by atoms with Crippen LogP contribution in [-0.4, -0.2) is 54.1 Å². The SMILES string of the molecule is CC(C)(C)NC(=O)CN1CCN(c2nc(-c3ccc(Cl)cc3)cs2)CC1. The fraction of sp³-hybridized carbons (Fsp3) is 0.474. The van der Waals surface area contributed by atoms with Crippen molar-refractivity contribution in [2.45, 2.75) is 26.3 Å². The summed E-state index contributed by atoms with van der Waals surface area (Å²) >= 11 is 7.61. The van der Waals surface area contributed by atoms with Crippen molar-refractivity contribution in [1.29, 1.82) is 0 Å². The van der Waals surface area contributed by atoms with Crippen molar-refractivity contribution in [1.82, 2.24) is 15.2 Å². The number of thiazole rings is 1. The lowest BCUT2D eigenvalue weighted by Crippen LogP contribution is -2.51. The number of hydrogen-bond acceptors (Lipinski definition) is 5. The second kappa shape index (κ2) is 7.94. The summed E-state index contributed by atoms with van der Waals surface area (Å²) in [5.41, 5.74) is 1.88. The van der Waals surface area contributed by atoms with Crippen LogP contribution in [0.15, 0.2) is 29.6 Å². The van der Waals surface area contributed by atoms with E-state index in [4.69, 9.17) is 16.6 Å². The molecule has 1 fully saturated rings. The topological polar surface area (TPSA) is 48.5 Å². The third kappa shape index (κ3) is 5.19.